The Balaban J connectivity index is 1.90. The van der Waals surface area contributed by atoms with E-state index in [1.807, 2.05) is 0 Å². The molecule has 4 nitrogen and oxygen atoms in total. The first kappa shape index (κ1) is 16.5. The van der Waals surface area contributed by atoms with Gasteiger partial charge < -0.3 is 10.1 Å². The van der Waals surface area contributed by atoms with Crippen LogP contribution in [0.4, 0.5) is 0 Å². The molecule has 1 aliphatic rings. The van der Waals surface area contributed by atoms with Gasteiger partial charge in [0.1, 0.15) is 0 Å². The van der Waals surface area contributed by atoms with E-state index in [1.165, 1.54) is 49.9 Å². The van der Waals surface area contributed by atoms with E-state index in [4.69, 9.17) is 4.74 Å². The summed E-state index contributed by atoms with van der Waals surface area (Å²) < 4.78 is 7.78. The maximum atomic E-state index is 5.73. The summed E-state index contributed by atoms with van der Waals surface area (Å²) in [5, 5.41) is 8.28. The van der Waals surface area contributed by atoms with Crippen LogP contribution in [0.2, 0.25) is 0 Å². The second kappa shape index (κ2) is 8.54. The second-order valence-electron chi connectivity index (χ2n) is 6.11. The lowest BCUT2D eigenvalue weighted by Gasteiger charge is -2.19. The third kappa shape index (κ3) is 4.82. The van der Waals surface area contributed by atoms with Gasteiger partial charge >= 0.3 is 0 Å². The molecule has 2 atom stereocenters. The summed E-state index contributed by atoms with van der Waals surface area (Å²) in [6.45, 7) is 6.41. The van der Waals surface area contributed by atoms with E-state index in [2.05, 4.69) is 42.1 Å². The van der Waals surface area contributed by atoms with E-state index in [0.717, 1.165) is 19.6 Å². The number of hydrogen-bond donors (Lipinski definition) is 1. The number of aromatic nitrogens is 2. The minimum Gasteiger partial charge on any atom is -0.378 e. The summed E-state index contributed by atoms with van der Waals surface area (Å²) in [5.74, 6) is 0. The fraction of sp³-hybridized carbons (Fsp3) is 0.824. The fourth-order valence-electron chi connectivity index (χ4n) is 3.14. The van der Waals surface area contributed by atoms with Crippen LogP contribution >= 0.6 is 0 Å². The second-order valence-corrected chi connectivity index (χ2v) is 6.11. The molecule has 1 fully saturated rings. The van der Waals surface area contributed by atoms with Crippen LogP contribution < -0.4 is 5.32 Å². The van der Waals surface area contributed by atoms with Crippen LogP contribution in [-0.4, -0.2) is 29.0 Å². The number of nitrogens with zero attached hydrogens (tertiary/aromatic N) is 2. The van der Waals surface area contributed by atoms with Gasteiger partial charge in [-0.1, -0.05) is 13.8 Å². The zero-order chi connectivity index (χ0) is 15.1. The van der Waals surface area contributed by atoms with Crippen molar-refractivity contribution in [3.63, 3.8) is 0 Å². The molecular formula is C17H31N3O. The van der Waals surface area contributed by atoms with Gasteiger partial charge in [0.2, 0.25) is 0 Å². The van der Waals surface area contributed by atoms with E-state index in [-0.39, 0.29) is 0 Å². The molecule has 120 valence electrons. The highest BCUT2D eigenvalue weighted by Crippen LogP contribution is 2.24. The van der Waals surface area contributed by atoms with Crippen molar-refractivity contribution in [2.75, 3.05) is 13.2 Å². The van der Waals surface area contributed by atoms with Crippen LogP contribution in [0.25, 0.3) is 0 Å². The largest absolute Gasteiger partial charge is 0.378 e. The molecule has 2 heterocycles. The summed E-state index contributed by atoms with van der Waals surface area (Å²) >= 11 is 0. The molecule has 0 aromatic carbocycles. The summed E-state index contributed by atoms with van der Waals surface area (Å²) in [5.41, 5.74) is 2.52. The van der Waals surface area contributed by atoms with Crippen molar-refractivity contribution < 1.29 is 4.74 Å². The number of rotatable bonds is 9. The van der Waals surface area contributed by atoms with E-state index in [1.54, 1.807) is 0 Å². The summed E-state index contributed by atoms with van der Waals surface area (Å²) in [6, 6.07) is 2.68. The molecule has 0 saturated carbocycles. The summed E-state index contributed by atoms with van der Waals surface area (Å²) in [7, 11) is 2.06. The van der Waals surface area contributed by atoms with Gasteiger partial charge in [0.25, 0.3) is 0 Å². The maximum absolute atomic E-state index is 5.73. The van der Waals surface area contributed by atoms with Gasteiger partial charge in [0.05, 0.1) is 17.5 Å². The van der Waals surface area contributed by atoms with Gasteiger partial charge in [0.15, 0.2) is 0 Å². The molecule has 0 bridgehead atoms. The van der Waals surface area contributed by atoms with Crippen LogP contribution in [0, 0.1) is 0 Å². The monoisotopic (exact) mass is 293 g/mol. The highest BCUT2D eigenvalue weighted by atomic mass is 16.5. The Hall–Kier alpha value is -0.870. The molecule has 21 heavy (non-hydrogen) atoms. The number of nitrogens with one attached hydrogen (secondary N) is 1. The SMILES string of the molecule is CCCNC(CCCC1CCCO1)c1cc(CC)nn1C. The molecule has 1 N–H and O–H groups in total. The first-order valence-electron chi connectivity index (χ1n) is 8.62. The Kier molecular flexibility index (Phi) is 6.71. The van der Waals surface area contributed by atoms with Crippen molar-refractivity contribution in [1.29, 1.82) is 0 Å². The minimum absolute atomic E-state index is 0.421. The molecule has 1 aliphatic heterocycles. The van der Waals surface area contributed by atoms with E-state index in [9.17, 15) is 0 Å². The van der Waals surface area contributed by atoms with Crippen LogP contribution in [0.15, 0.2) is 6.07 Å². The molecule has 0 spiro atoms. The Bertz CT molecular complexity index is 410. The van der Waals surface area contributed by atoms with Crippen molar-refractivity contribution in [3.05, 3.63) is 17.5 Å². The lowest BCUT2D eigenvalue weighted by atomic mass is 10.0. The van der Waals surface area contributed by atoms with E-state index >= 15 is 0 Å². The van der Waals surface area contributed by atoms with Crippen LogP contribution in [-0.2, 0) is 18.2 Å². The van der Waals surface area contributed by atoms with Gasteiger partial charge in [-0.25, -0.2) is 0 Å². The first-order chi connectivity index (χ1) is 10.2. The molecule has 1 aromatic heterocycles. The molecule has 0 amide bonds. The predicted molar refractivity (Wildman–Crippen MR) is 86.4 cm³/mol. The molecule has 0 aliphatic carbocycles. The van der Waals surface area contributed by atoms with Crippen LogP contribution in [0.1, 0.15) is 69.8 Å². The number of ether oxygens (including phenoxy) is 1. The quantitative estimate of drug-likeness (QED) is 0.758. The molecular weight excluding hydrogens is 262 g/mol. The van der Waals surface area contributed by atoms with Gasteiger partial charge in [-0.3, -0.25) is 4.68 Å². The molecule has 0 radical (unpaired) electrons. The van der Waals surface area contributed by atoms with Crippen LogP contribution in [0.5, 0.6) is 0 Å². The Morgan fingerprint density at radius 3 is 2.95 bits per heavy atom. The molecule has 2 unspecified atom stereocenters. The summed E-state index contributed by atoms with van der Waals surface area (Å²) in [6.07, 6.45) is 8.76. The third-order valence-corrected chi connectivity index (χ3v) is 4.37. The van der Waals surface area contributed by atoms with E-state index in [0.29, 0.717) is 12.1 Å². The number of aryl methyl sites for hydroxylation is 2. The minimum atomic E-state index is 0.421. The first-order valence-corrected chi connectivity index (χ1v) is 8.62. The van der Waals surface area contributed by atoms with Crippen molar-refractivity contribution in [2.24, 2.45) is 7.05 Å². The zero-order valence-corrected chi connectivity index (χ0v) is 13.9. The van der Waals surface area contributed by atoms with Crippen molar-refractivity contribution in [2.45, 2.75) is 70.9 Å². The molecule has 4 heteroatoms. The Labute approximate surface area is 129 Å². The highest BCUT2D eigenvalue weighted by Gasteiger charge is 2.19. The topological polar surface area (TPSA) is 39.1 Å². The number of hydrogen-bond acceptors (Lipinski definition) is 3. The fourth-order valence-corrected chi connectivity index (χ4v) is 3.14. The molecule has 1 aromatic rings. The van der Waals surface area contributed by atoms with E-state index < -0.39 is 0 Å². The average Bonchev–Trinajstić information content (AvgIpc) is 3.12. The Morgan fingerprint density at radius 2 is 2.33 bits per heavy atom. The van der Waals surface area contributed by atoms with Gasteiger partial charge in [0, 0.05) is 19.7 Å². The van der Waals surface area contributed by atoms with Gasteiger partial charge in [-0.2, -0.15) is 5.10 Å². The lowest BCUT2D eigenvalue weighted by molar-refractivity contribution is 0.101. The predicted octanol–water partition coefficient (Wildman–Crippen LogP) is 3.37. The van der Waals surface area contributed by atoms with Gasteiger partial charge in [-0.05, 0) is 57.6 Å². The molecule has 2 rings (SSSR count). The summed E-state index contributed by atoms with van der Waals surface area (Å²) in [4.78, 5) is 0. The van der Waals surface area contributed by atoms with Crippen molar-refractivity contribution in [1.82, 2.24) is 15.1 Å². The van der Waals surface area contributed by atoms with Crippen molar-refractivity contribution in [3.8, 4) is 0 Å². The normalized spacial score (nSPS) is 20.0. The smallest absolute Gasteiger partial charge is 0.0625 e. The van der Waals surface area contributed by atoms with Crippen molar-refractivity contribution >= 4 is 0 Å². The zero-order valence-electron chi connectivity index (χ0n) is 13.9. The van der Waals surface area contributed by atoms with Crippen LogP contribution in [0.3, 0.4) is 0 Å². The standard InChI is InChI=1S/C17H31N3O/c1-4-11-18-16(10-6-8-15-9-7-12-21-15)17-13-14(5-2)19-20(17)3/h13,15-16,18H,4-12H2,1-3H3. The average molecular weight is 293 g/mol. The molecule has 1 saturated heterocycles. The van der Waals surface area contributed by atoms with Gasteiger partial charge in [-0.15, -0.1) is 0 Å². The highest BCUT2D eigenvalue weighted by molar-refractivity contribution is 5.14. The lowest BCUT2D eigenvalue weighted by Crippen LogP contribution is -2.24. The maximum Gasteiger partial charge on any atom is 0.0625 e. The Morgan fingerprint density at radius 1 is 1.48 bits per heavy atom. The third-order valence-electron chi connectivity index (χ3n) is 4.37.